The van der Waals surface area contributed by atoms with Crippen LogP contribution in [0.4, 0.5) is 0 Å². The number of sulfonamides is 1. The lowest BCUT2D eigenvalue weighted by Crippen LogP contribution is -2.53. The Hall–Kier alpha value is -1.02. The molecule has 0 aromatic carbocycles. The summed E-state index contributed by atoms with van der Waals surface area (Å²) in [7, 11) is -3.63. The SMILES string of the molecule is CC1CN(S(=O)(=O)c2ccc(CO)cn2)CC(C)(C)O1. The Morgan fingerprint density at radius 2 is 2.20 bits per heavy atom. The molecule has 20 heavy (non-hydrogen) atoms. The molecular weight excluding hydrogens is 280 g/mol. The van der Waals surface area contributed by atoms with Gasteiger partial charge in [0.25, 0.3) is 10.0 Å². The predicted molar refractivity (Wildman–Crippen MR) is 73.5 cm³/mol. The van der Waals surface area contributed by atoms with Crippen molar-refractivity contribution in [1.29, 1.82) is 0 Å². The van der Waals surface area contributed by atoms with Crippen LogP contribution in [0.1, 0.15) is 26.3 Å². The smallest absolute Gasteiger partial charge is 0.260 e. The van der Waals surface area contributed by atoms with Crippen LogP contribution in [0.3, 0.4) is 0 Å². The number of nitrogens with zero attached hydrogens (tertiary/aromatic N) is 2. The van der Waals surface area contributed by atoms with Gasteiger partial charge in [0, 0.05) is 19.3 Å². The largest absolute Gasteiger partial charge is 0.392 e. The van der Waals surface area contributed by atoms with Gasteiger partial charge in [-0.05, 0) is 32.4 Å². The monoisotopic (exact) mass is 300 g/mol. The van der Waals surface area contributed by atoms with E-state index < -0.39 is 15.6 Å². The molecule has 112 valence electrons. The summed E-state index contributed by atoms with van der Waals surface area (Å²) in [5.41, 5.74) is 0.0649. The molecule has 2 heterocycles. The van der Waals surface area contributed by atoms with Crippen LogP contribution in [0.5, 0.6) is 0 Å². The van der Waals surface area contributed by atoms with Gasteiger partial charge in [-0.1, -0.05) is 6.07 Å². The molecule has 1 aliphatic heterocycles. The second-order valence-electron chi connectivity index (χ2n) is 5.65. The molecule has 1 saturated heterocycles. The maximum atomic E-state index is 12.6. The van der Waals surface area contributed by atoms with Crippen LogP contribution < -0.4 is 0 Å². The zero-order valence-corrected chi connectivity index (χ0v) is 12.7. The molecule has 1 atom stereocenters. The number of aliphatic hydroxyl groups excluding tert-OH is 1. The van der Waals surface area contributed by atoms with Crippen LogP contribution in [-0.2, 0) is 21.4 Å². The molecule has 6 nitrogen and oxygen atoms in total. The van der Waals surface area contributed by atoms with Crippen LogP contribution in [0, 0.1) is 0 Å². The maximum Gasteiger partial charge on any atom is 0.260 e. The zero-order chi connectivity index (χ0) is 15.0. The number of hydrogen-bond donors (Lipinski definition) is 1. The van der Waals surface area contributed by atoms with Crippen molar-refractivity contribution in [3.8, 4) is 0 Å². The number of aliphatic hydroxyl groups is 1. The van der Waals surface area contributed by atoms with Crippen molar-refractivity contribution in [2.45, 2.75) is 44.1 Å². The highest BCUT2D eigenvalue weighted by atomic mass is 32.2. The third-order valence-corrected chi connectivity index (χ3v) is 4.85. The number of ether oxygens (including phenoxy) is 1. The predicted octanol–water partition coefficient (Wildman–Crippen LogP) is 0.762. The average Bonchev–Trinajstić information content (AvgIpc) is 2.36. The quantitative estimate of drug-likeness (QED) is 0.891. The minimum absolute atomic E-state index is 0.000370. The van der Waals surface area contributed by atoms with Crippen molar-refractivity contribution in [3.63, 3.8) is 0 Å². The first kappa shape index (κ1) is 15.4. The lowest BCUT2D eigenvalue weighted by atomic mass is 10.1. The van der Waals surface area contributed by atoms with Crippen molar-refractivity contribution < 1.29 is 18.3 Å². The molecule has 0 aliphatic carbocycles. The van der Waals surface area contributed by atoms with E-state index in [1.807, 2.05) is 20.8 Å². The number of hydrogen-bond acceptors (Lipinski definition) is 5. The maximum absolute atomic E-state index is 12.6. The Balaban J connectivity index is 2.29. The Bertz CT molecular complexity index is 569. The van der Waals surface area contributed by atoms with E-state index in [-0.39, 0.29) is 17.7 Å². The van der Waals surface area contributed by atoms with Crippen molar-refractivity contribution >= 4 is 10.0 Å². The molecular formula is C13H20N2O4S. The van der Waals surface area contributed by atoms with E-state index in [4.69, 9.17) is 9.84 Å². The molecule has 1 aliphatic rings. The lowest BCUT2D eigenvalue weighted by Gasteiger charge is -2.40. The van der Waals surface area contributed by atoms with E-state index in [1.165, 1.54) is 16.6 Å². The summed E-state index contributed by atoms with van der Waals surface area (Å²) in [4.78, 5) is 3.94. The van der Waals surface area contributed by atoms with E-state index in [0.717, 1.165) is 0 Å². The third-order valence-electron chi connectivity index (χ3n) is 3.12. The van der Waals surface area contributed by atoms with Crippen LogP contribution in [0.15, 0.2) is 23.4 Å². The van der Waals surface area contributed by atoms with Gasteiger partial charge in [-0.25, -0.2) is 13.4 Å². The van der Waals surface area contributed by atoms with E-state index in [0.29, 0.717) is 18.7 Å². The molecule has 0 saturated carbocycles. The summed E-state index contributed by atoms with van der Waals surface area (Å²) in [6, 6.07) is 2.99. The van der Waals surface area contributed by atoms with Crippen LogP contribution in [-0.4, -0.2) is 47.6 Å². The molecule has 0 amide bonds. The fourth-order valence-electron chi connectivity index (χ4n) is 2.37. The van der Waals surface area contributed by atoms with Crippen molar-refractivity contribution in [1.82, 2.24) is 9.29 Å². The summed E-state index contributed by atoms with van der Waals surface area (Å²) < 4.78 is 32.2. The zero-order valence-electron chi connectivity index (χ0n) is 11.9. The van der Waals surface area contributed by atoms with Gasteiger partial charge >= 0.3 is 0 Å². The first-order valence-electron chi connectivity index (χ1n) is 6.48. The van der Waals surface area contributed by atoms with Crippen LogP contribution in [0.25, 0.3) is 0 Å². The fourth-order valence-corrected chi connectivity index (χ4v) is 3.95. The van der Waals surface area contributed by atoms with Gasteiger partial charge in [-0.3, -0.25) is 0 Å². The molecule has 1 aromatic rings. The highest BCUT2D eigenvalue weighted by molar-refractivity contribution is 7.89. The van der Waals surface area contributed by atoms with E-state index in [1.54, 1.807) is 6.07 Å². The number of aromatic nitrogens is 1. The van der Waals surface area contributed by atoms with Gasteiger partial charge in [-0.2, -0.15) is 4.31 Å². The Morgan fingerprint density at radius 3 is 2.70 bits per heavy atom. The highest BCUT2D eigenvalue weighted by Crippen LogP contribution is 2.25. The van der Waals surface area contributed by atoms with Crippen LogP contribution >= 0.6 is 0 Å². The number of morpholine rings is 1. The Morgan fingerprint density at radius 1 is 1.50 bits per heavy atom. The van der Waals surface area contributed by atoms with Gasteiger partial charge in [0.2, 0.25) is 0 Å². The van der Waals surface area contributed by atoms with Crippen LogP contribution in [0.2, 0.25) is 0 Å². The highest BCUT2D eigenvalue weighted by Gasteiger charge is 2.38. The minimum atomic E-state index is -3.63. The standard InChI is InChI=1S/C13H20N2O4S/c1-10-7-15(9-13(2,3)19-10)20(17,18)12-5-4-11(8-16)6-14-12/h4-6,10,16H,7-9H2,1-3H3. The molecule has 7 heteroatoms. The lowest BCUT2D eigenvalue weighted by molar-refractivity contribution is -0.109. The summed E-state index contributed by atoms with van der Waals surface area (Å²) in [5, 5.41) is 8.97. The fraction of sp³-hybridized carbons (Fsp3) is 0.615. The second kappa shape index (κ2) is 5.40. The average molecular weight is 300 g/mol. The van der Waals surface area contributed by atoms with Crippen molar-refractivity contribution in [3.05, 3.63) is 23.9 Å². The molecule has 0 spiro atoms. The summed E-state index contributed by atoms with van der Waals surface area (Å²) in [6.45, 7) is 6.04. The van der Waals surface area contributed by atoms with E-state index in [2.05, 4.69) is 4.98 Å². The van der Waals surface area contributed by atoms with Crippen molar-refractivity contribution in [2.75, 3.05) is 13.1 Å². The number of pyridine rings is 1. The Kier molecular flexibility index (Phi) is 4.15. The van der Waals surface area contributed by atoms with Gasteiger partial charge in [0.1, 0.15) is 0 Å². The second-order valence-corrected chi connectivity index (χ2v) is 7.53. The minimum Gasteiger partial charge on any atom is -0.392 e. The molecule has 1 unspecified atom stereocenters. The topological polar surface area (TPSA) is 79.7 Å². The molecule has 1 aromatic heterocycles. The van der Waals surface area contributed by atoms with E-state index >= 15 is 0 Å². The van der Waals surface area contributed by atoms with Gasteiger partial charge in [0.15, 0.2) is 5.03 Å². The molecule has 1 N–H and O–H groups in total. The third kappa shape index (κ3) is 3.17. The van der Waals surface area contributed by atoms with Gasteiger partial charge < -0.3 is 9.84 Å². The first-order chi connectivity index (χ1) is 9.24. The van der Waals surface area contributed by atoms with Crippen molar-refractivity contribution in [2.24, 2.45) is 0 Å². The summed E-state index contributed by atoms with van der Waals surface area (Å²) in [5.74, 6) is 0. The van der Waals surface area contributed by atoms with Gasteiger partial charge in [0.05, 0.1) is 18.3 Å². The molecule has 0 radical (unpaired) electrons. The summed E-state index contributed by atoms with van der Waals surface area (Å²) >= 11 is 0. The molecule has 1 fully saturated rings. The molecule has 2 rings (SSSR count). The molecule has 0 bridgehead atoms. The number of rotatable bonds is 3. The first-order valence-corrected chi connectivity index (χ1v) is 7.92. The Labute approximate surface area is 119 Å². The normalized spacial score (nSPS) is 23.7. The van der Waals surface area contributed by atoms with E-state index in [9.17, 15) is 8.42 Å². The van der Waals surface area contributed by atoms with Gasteiger partial charge in [-0.15, -0.1) is 0 Å². The summed E-state index contributed by atoms with van der Waals surface area (Å²) in [6.07, 6.45) is 1.22.